The van der Waals surface area contributed by atoms with Gasteiger partial charge in [0.1, 0.15) is 0 Å². The molecule has 0 aromatic heterocycles. The van der Waals surface area contributed by atoms with Crippen molar-refractivity contribution < 1.29 is 0 Å². The molecule has 0 radical (unpaired) electrons. The molecule has 3 heteroatoms. The molecule has 0 N–H and O–H groups in total. The smallest absolute Gasteiger partial charge is 0.0568 e. The van der Waals surface area contributed by atoms with E-state index >= 15 is 0 Å². The van der Waals surface area contributed by atoms with Gasteiger partial charge in [-0.1, -0.05) is 20.8 Å². The summed E-state index contributed by atoms with van der Waals surface area (Å²) in [4.78, 5) is 2.49. The van der Waals surface area contributed by atoms with Gasteiger partial charge in [0.05, 0.1) is 5.37 Å². The van der Waals surface area contributed by atoms with Gasteiger partial charge in [-0.05, 0) is 31.7 Å². The summed E-state index contributed by atoms with van der Waals surface area (Å²) in [7, 11) is 0. The predicted octanol–water partition coefficient (Wildman–Crippen LogP) is 3.43. The van der Waals surface area contributed by atoms with E-state index in [0.29, 0.717) is 5.37 Å². The first-order valence-corrected chi connectivity index (χ1v) is 6.80. The van der Waals surface area contributed by atoms with Crippen LogP contribution in [0.25, 0.3) is 0 Å². The second-order valence-electron chi connectivity index (χ2n) is 3.02. The molecular formula is C10H22ClNS. The molecule has 0 saturated carbocycles. The molecule has 0 bridgehead atoms. The molecule has 0 aliphatic heterocycles. The van der Waals surface area contributed by atoms with Gasteiger partial charge in [0.15, 0.2) is 0 Å². The Morgan fingerprint density at radius 2 is 1.85 bits per heavy atom. The van der Waals surface area contributed by atoms with Crippen LogP contribution in [-0.2, 0) is 0 Å². The Bertz CT molecular complexity index is 107. The second kappa shape index (κ2) is 9.17. The molecule has 0 amide bonds. The highest BCUT2D eigenvalue weighted by atomic mass is 35.5. The number of hydrogen-bond donors (Lipinski definition) is 0. The van der Waals surface area contributed by atoms with Gasteiger partial charge < -0.3 is 0 Å². The summed E-state index contributed by atoms with van der Waals surface area (Å²) in [5.41, 5.74) is 0. The maximum Gasteiger partial charge on any atom is 0.0568 e. The van der Waals surface area contributed by atoms with Crippen LogP contribution in [0.3, 0.4) is 0 Å². The number of thioether (sulfide) groups is 1. The van der Waals surface area contributed by atoms with E-state index in [1.807, 2.05) is 11.8 Å². The number of nitrogens with zero attached hydrogens (tertiary/aromatic N) is 1. The fraction of sp³-hybridized carbons (Fsp3) is 1.00. The van der Waals surface area contributed by atoms with Gasteiger partial charge in [-0.3, -0.25) is 4.90 Å². The molecule has 0 spiro atoms. The minimum atomic E-state index is 0.632. The first kappa shape index (κ1) is 13.6. The molecule has 0 rings (SSSR count). The molecule has 0 aliphatic rings. The second-order valence-corrected chi connectivity index (χ2v) is 4.69. The van der Waals surface area contributed by atoms with Crippen LogP contribution in [0.15, 0.2) is 0 Å². The highest BCUT2D eigenvalue weighted by Gasteiger charge is 2.14. The molecule has 0 aliphatic carbocycles. The molecule has 0 heterocycles. The lowest BCUT2D eigenvalue weighted by molar-refractivity contribution is 0.280. The first-order valence-electron chi connectivity index (χ1n) is 5.21. The quantitative estimate of drug-likeness (QED) is 0.458. The van der Waals surface area contributed by atoms with E-state index in [1.54, 1.807) is 0 Å². The van der Waals surface area contributed by atoms with Crippen LogP contribution in [0.1, 0.15) is 33.6 Å². The molecule has 0 fully saturated rings. The van der Waals surface area contributed by atoms with Gasteiger partial charge in [0.2, 0.25) is 0 Å². The standard InChI is InChI=1S/C10H22ClNS/c1-4-9-13-10(7-8-11)12(5-2)6-3/h10H,4-9H2,1-3H3. The zero-order chi connectivity index (χ0) is 10.1. The maximum absolute atomic E-state index is 5.79. The van der Waals surface area contributed by atoms with E-state index < -0.39 is 0 Å². The van der Waals surface area contributed by atoms with E-state index in [9.17, 15) is 0 Å². The van der Waals surface area contributed by atoms with Crippen molar-refractivity contribution in [2.75, 3.05) is 24.7 Å². The maximum atomic E-state index is 5.79. The molecule has 13 heavy (non-hydrogen) atoms. The predicted molar refractivity (Wildman–Crippen MR) is 64.8 cm³/mol. The van der Waals surface area contributed by atoms with Crippen molar-refractivity contribution in [3.63, 3.8) is 0 Å². The molecular weight excluding hydrogens is 202 g/mol. The van der Waals surface area contributed by atoms with Crippen molar-refractivity contribution in [3.05, 3.63) is 0 Å². The summed E-state index contributed by atoms with van der Waals surface area (Å²) in [6, 6.07) is 0. The summed E-state index contributed by atoms with van der Waals surface area (Å²) in [6.07, 6.45) is 2.36. The van der Waals surface area contributed by atoms with Crippen LogP contribution >= 0.6 is 23.4 Å². The zero-order valence-corrected chi connectivity index (χ0v) is 10.6. The Morgan fingerprint density at radius 1 is 1.23 bits per heavy atom. The van der Waals surface area contributed by atoms with Crippen LogP contribution < -0.4 is 0 Å². The highest BCUT2D eigenvalue weighted by molar-refractivity contribution is 7.99. The van der Waals surface area contributed by atoms with Crippen LogP contribution in [0, 0.1) is 0 Å². The molecule has 0 aromatic carbocycles. The normalized spacial score (nSPS) is 13.6. The average molecular weight is 224 g/mol. The third kappa shape index (κ3) is 5.82. The summed E-state index contributed by atoms with van der Waals surface area (Å²) in [5, 5.41) is 0.632. The molecule has 1 atom stereocenters. The molecule has 80 valence electrons. The number of rotatable bonds is 8. The van der Waals surface area contributed by atoms with Gasteiger partial charge in [0.25, 0.3) is 0 Å². The molecule has 1 nitrogen and oxygen atoms in total. The van der Waals surface area contributed by atoms with E-state index in [1.165, 1.54) is 12.2 Å². The first-order chi connectivity index (χ1) is 6.29. The fourth-order valence-electron chi connectivity index (χ4n) is 1.35. The minimum Gasteiger partial charge on any atom is -0.292 e. The van der Waals surface area contributed by atoms with Crippen molar-refractivity contribution in [1.82, 2.24) is 4.90 Å². The van der Waals surface area contributed by atoms with Gasteiger partial charge in [-0.25, -0.2) is 0 Å². The topological polar surface area (TPSA) is 3.24 Å². The number of halogens is 1. The van der Waals surface area contributed by atoms with Gasteiger partial charge in [-0.2, -0.15) is 0 Å². The molecule has 1 unspecified atom stereocenters. The third-order valence-corrected chi connectivity index (χ3v) is 3.87. The Hall–Kier alpha value is 0.600. The van der Waals surface area contributed by atoms with Crippen molar-refractivity contribution in [3.8, 4) is 0 Å². The zero-order valence-electron chi connectivity index (χ0n) is 9.05. The van der Waals surface area contributed by atoms with E-state index in [0.717, 1.165) is 25.4 Å². The minimum absolute atomic E-state index is 0.632. The van der Waals surface area contributed by atoms with Crippen molar-refractivity contribution in [2.24, 2.45) is 0 Å². The van der Waals surface area contributed by atoms with E-state index in [-0.39, 0.29) is 0 Å². The van der Waals surface area contributed by atoms with Crippen LogP contribution in [-0.4, -0.2) is 35.0 Å². The monoisotopic (exact) mass is 223 g/mol. The fourth-order valence-corrected chi connectivity index (χ4v) is 2.99. The number of hydrogen-bond acceptors (Lipinski definition) is 2. The summed E-state index contributed by atoms with van der Waals surface area (Å²) >= 11 is 7.84. The SMILES string of the molecule is CCCSC(CCCl)N(CC)CC. The van der Waals surface area contributed by atoms with Crippen molar-refractivity contribution in [2.45, 2.75) is 39.0 Å². The molecule has 0 saturated heterocycles. The largest absolute Gasteiger partial charge is 0.292 e. The van der Waals surface area contributed by atoms with Crippen LogP contribution in [0.5, 0.6) is 0 Å². The van der Waals surface area contributed by atoms with Gasteiger partial charge in [-0.15, -0.1) is 23.4 Å². The Morgan fingerprint density at radius 3 is 2.23 bits per heavy atom. The highest BCUT2D eigenvalue weighted by Crippen LogP contribution is 2.20. The lowest BCUT2D eigenvalue weighted by atomic mass is 10.4. The van der Waals surface area contributed by atoms with Crippen molar-refractivity contribution in [1.29, 1.82) is 0 Å². The average Bonchev–Trinajstić information content (AvgIpc) is 2.16. The Kier molecular flexibility index (Phi) is 9.59. The van der Waals surface area contributed by atoms with Gasteiger partial charge >= 0.3 is 0 Å². The lowest BCUT2D eigenvalue weighted by Gasteiger charge is -2.28. The number of alkyl halides is 1. The van der Waals surface area contributed by atoms with Crippen molar-refractivity contribution >= 4 is 23.4 Å². The van der Waals surface area contributed by atoms with Crippen LogP contribution in [0.4, 0.5) is 0 Å². The van der Waals surface area contributed by atoms with E-state index in [2.05, 4.69) is 25.7 Å². The summed E-state index contributed by atoms with van der Waals surface area (Å²) < 4.78 is 0. The molecule has 0 aromatic rings. The summed E-state index contributed by atoms with van der Waals surface area (Å²) in [5.74, 6) is 2.02. The van der Waals surface area contributed by atoms with E-state index in [4.69, 9.17) is 11.6 Å². The van der Waals surface area contributed by atoms with Gasteiger partial charge in [0, 0.05) is 5.88 Å². The Balaban J connectivity index is 3.88. The Labute approximate surface area is 92.2 Å². The van der Waals surface area contributed by atoms with Crippen LogP contribution in [0.2, 0.25) is 0 Å². The summed E-state index contributed by atoms with van der Waals surface area (Å²) in [6.45, 7) is 8.94. The third-order valence-electron chi connectivity index (χ3n) is 2.09. The lowest BCUT2D eigenvalue weighted by Crippen LogP contribution is -2.33.